The first-order valence-corrected chi connectivity index (χ1v) is 9.01. The van der Waals surface area contributed by atoms with Crippen molar-refractivity contribution in [3.8, 4) is 12.3 Å². The molecule has 1 aliphatic carbocycles. The minimum absolute atomic E-state index is 0.0114. The maximum atomic E-state index is 12.3. The largest absolute Gasteiger partial charge is 0.305 e. The molecule has 0 aliphatic heterocycles. The zero-order valence-electron chi connectivity index (χ0n) is 13.8. The highest BCUT2D eigenvalue weighted by molar-refractivity contribution is 7.16. The van der Waals surface area contributed by atoms with Crippen molar-refractivity contribution in [2.75, 3.05) is 0 Å². The standard InChI is InChI=1S/C19H22N2OS/c1-4-9-21-16-10-13(2)14(3)11-17(16)23-19(21)20-18(22)12-15-7-5-6-8-15/h1,10-11,15H,5-9,12H2,2-3H3. The highest BCUT2D eigenvalue weighted by Crippen LogP contribution is 2.28. The summed E-state index contributed by atoms with van der Waals surface area (Å²) >= 11 is 1.55. The summed E-state index contributed by atoms with van der Waals surface area (Å²) in [6.07, 6.45) is 10.9. The average molecular weight is 326 g/mol. The molecule has 1 aromatic carbocycles. The van der Waals surface area contributed by atoms with E-state index >= 15 is 0 Å². The van der Waals surface area contributed by atoms with E-state index in [0.717, 1.165) is 27.9 Å². The SMILES string of the molecule is C#CCn1c(=NC(=O)CC2CCCC2)sc2cc(C)c(C)cc21. The molecule has 1 fully saturated rings. The Kier molecular flexibility index (Phi) is 4.68. The van der Waals surface area contributed by atoms with Crippen LogP contribution in [-0.2, 0) is 11.3 Å². The summed E-state index contributed by atoms with van der Waals surface area (Å²) in [5.41, 5.74) is 3.55. The van der Waals surface area contributed by atoms with Crippen LogP contribution in [0, 0.1) is 32.1 Å². The summed E-state index contributed by atoms with van der Waals surface area (Å²) in [6, 6.07) is 4.29. The first-order valence-electron chi connectivity index (χ1n) is 8.20. The van der Waals surface area contributed by atoms with Crippen LogP contribution in [0.4, 0.5) is 0 Å². The number of benzene rings is 1. The summed E-state index contributed by atoms with van der Waals surface area (Å²) in [6.45, 7) is 4.63. The zero-order valence-corrected chi connectivity index (χ0v) is 14.6. The van der Waals surface area contributed by atoms with E-state index in [1.165, 1.54) is 24.0 Å². The van der Waals surface area contributed by atoms with E-state index in [2.05, 4.69) is 36.9 Å². The number of aromatic nitrogens is 1. The molecule has 1 amide bonds. The predicted octanol–water partition coefficient (Wildman–Crippen LogP) is 3.96. The van der Waals surface area contributed by atoms with Crippen LogP contribution < -0.4 is 4.80 Å². The molecule has 1 aromatic heterocycles. The number of aryl methyl sites for hydroxylation is 2. The van der Waals surface area contributed by atoms with Crippen LogP contribution in [0.2, 0.25) is 0 Å². The fourth-order valence-electron chi connectivity index (χ4n) is 3.26. The third kappa shape index (κ3) is 3.40. The van der Waals surface area contributed by atoms with Crippen molar-refractivity contribution < 1.29 is 4.79 Å². The highest BCUT2D eigenvalue weighted by atomic mass is 32.1. The van der Waals surface area contributed by atoms with E-state index in [-0.39, 0.29) is 5.91 Å². The Hall–Kier alpha value is -1.86. The van der Waals surface area contributed by atoms with E-state index in [1.54, 1.807) is 11.3 Å². The molecule has 3 nitrogen and oxygen atoms in total. The van der Waals surface area contributed by atoms with Crippen molar-refractivity contribution in [1.29, 1.82) is 0 Å². The number of terminal acetylenes is 1. The van der Waals surface area contributed by atoms with Gasteiger partial charge in [0.25, 0.3) is 0 Å². The molecule has 1 aliphatic rings. The van der Waals surface area contributed by atoms with Gasteiger partial charge in [-0.25, -0.2) is 0 Å². The third-order valence-corrected chi connectivity index (χ3v) is 5.75. The summed E-state index contributed by atoms with van der Waals surface area (Å²) in [5, 5.41) is 0. The van der Waals surface area contributed by atoms with Crippen LogP contribution in [0.5, 0.6) is 0 Å². The third-order valence-electron chi connectivity index (χ3n) is 4.71. The number of amides is 1. The molecular weight excluding hydrogens is 304 g/mol. The molecule has 4 heteroatoms. The van der Waals surface area contributed by atoms with E-state index in [9.17, 15) is 4.79 Å². The van der Waals surface area contributed by atoms with Crippen molar-refractivity contribution in [3.05, 3.63) is 28.1 Å². The topological polar surface area (TPSA) is 34.4 Å². The van der Waals surface area contributed by atoms with Crippen LogP contribution in [-0.4, -0.2) is 10.5 Å². The maximum absolute atomic E-state index is 12.3. The Morgan fingerprint density at radius 2 is 2.04 bits per heavy atom. The van der Waals surface area contributed by atoms with Crippen molar-refractivity contribution >= 4 is 27.5 Å². The molecule has 2 aromatic rings. The van der Waals surface area contributed by atoms with Crippen LogP contribution in [0.15, 0.2) is 17.1 Å². The number of rotatable bonds is 3. The molecule has 0 N–H and O–H groups in total. The predicted molar refractivity (Wildman–Crippen MR) is 95.3 cm³/mol. The van der Waals surface area contributed by atoms with E-state index in [1.807, 2.05) is 4.57 Å². The second-order valence-electron chi connectivity index (χ2n) is 6.44. The number of carbonyl (C=O) groups is 1. The Morgan fingerprint density at radius 3 is 2.74 bits per heavy atom. The molecule has 0 unspecified atom stereocenters. The lowest BCUT2D eigenvalue weighted by molar-refractivity contribution is -0.118. The monoisotopic (exact) mass is 326 g/mol. The Morgan fingerprint density at radius 1 is 1.35 bits per heavy atom. The molecule has 1 saturated carbocycles. The molecule has 0 atom stereocenters. The Labute approximate surface area is 141 Å². The molecular formula is C19H22N2OS. The second-order valence-corrected chi connectivity index (χ2v) is 7.45. The van der Waals surface area contributed by atoms with Gasteiger partial charge in [-0.2, -0.15) is 4.99 Å². The second kappa shape index (κ2) is 6.72. The lowest BCUT2D eigenvalue weighted by Crippen LogP contribution is -2.17. The van der Waals surface area contributed by atoms with Crippen molar-refractivity contribution in [1.82, 2.24) is 4.57 Å². The minimum atomic E-state index is -0.0114. The van der Waals surface area contributed by atoms with E-state index < -0.39 is 0 Å². The van der Waals surface area contributed by atoms with Crippen molar-refractivity contribution in [2.45, 2.75) is 52.5 Å². The number of hydrogen-bond acceptors (Lipinski definition) is 2. The lowest BCUT2D eigenvalue weighted by atomic mass is 10.0. The average Bonchev–Trinajstić information content (AvgIpc) is 3.10. The Balaban J connectivity index is 2.01. The smallest absolute Gasteiger partial charge is 0.248 e. The van der Waals surface area contributed by atoms with Gasteiger partial charge in [-0.1, -0.05) is 30.1 Å². The van der Waals surface area contributed by atoms with Gasteiger partial charge in [0, 0.05) is 6.42 Å². The van der Waals surface area contributed by atoms with Gasteiger partial charge in [0.2, 0.25) is 5.91 Å². The van der Waals surface area contributed by atoms with Crippen LogP contribution >= 0.6 is 11.3 Å². The lowest BCUT2D eigenvalue weighted by Gasteiger charge is -2.04. The maximum Gasteiger partial charge on any atom is 0.248 e. The Bertz CT molecular complexity index is 845. The highest BCUT2D eigenvalue weighted by Gasteiger charge is 2.18. The van der Waals surface area contributed by atoms with Gasteiger partial charge in [0.05, 0.1) is 16.8 Å². The van der Waals surface area contributed by atoms with Gasteiger partial charge >= 0.3 is 0 Å². The first-order chi connectivity index (χ1) is 11.1. The van der Waals surface area contributed by atoms with Crippen LogP contribution in [0.25, 0.3) is 10.2 Å². The van der Waals surface area contributed by atoms with E-state index in [0.29, 0.717) is 18.9 Å². The first kappa shape index (κ1) is 16.0. The van der Waals surface area contributed by atoms with Crippen molar-refractivity contribution in [3.63, 3.8) is 0 Å². The van der Waals surface area contributed by atoms with Gasteiger partial charge < -0.3 is 4.57 Å². The molecule has 0 saturated heterocycles. The number of hydrogen-bond donors (Lipinski definition) is 0. The minimum Gasteiger partial charge on any atom is -0.305 e. The molecule has 0 spiro atoms. The molecule has 0 bridgehead atoms. The molecule has 120 valence electrons. The quantitative estimate of drug-likeness (QED) is 0.786. The molecule has 1 heterocycles. The number of carbonyl (C=O) groups excluding carboxylic acids is 1. The zero-order chi connectivity index (χ0) is 16.4. The van der Waals surface area contributed by atoms with Crippen LogP contribution in [0.3, 0.4) is 0 Å². The fraction of sp³-hybridized carbons (Fsp3) is 0.474. The number of thiazole rings is 1. The fourth-order valence-corrected chi connectivity index (χ4v) is 4.39. The summed E-state index contributed by atoms with van der Waals surface area (Å²) in [5.74, 6) is 3.19. The van der Waals surface area contributed by atoms with Gasteiger partial charge in [-0.3, -0.25) is 4.79 Å². The van der Waals surface area contributed by atoms with Crippen LogP contribution in [0.1, 0.15) is 43.2 Å². The van der Waals surface area contributed by atoms with Gasteiger partial charge in [-0.05, 0) is 55.9 Å². The van der Waals surface area contributed by atoms with Gasteiger partial charge in [0.1, 0.15) is 0 Å². The summed E-state index contributed by atoms with van der Waals surface area (Å²) in [7, 11) is 0. The van der Waals surface area contributed by atoms with Gasteiger partial charge in [-0.15, -0.1) is 6.42 Å². The normalized spacial score (nSPS) is 16.1. The molecule has 23 heavy (non-hydrogen) atoms. The summed E-state index contributed by atoms with van der Waals surface area (Å²) in [4.78, 5) is 17.4. The molecule has 3 rings (SSSR count). The molecule has 0 radical (unpaired) electrons. The van der Waals surface area contributed by atoms with E-state index in [4.69, 9.17) is 6.42 Å². The number of fused-ring (bicyclic) bond motifs is 1. The van der Waals surface area contributed by atoms with Crippen molar-refractivity contribution in [2.24, 2.45) is 10.9 Å². The summed E-state index contributed by atoms with van der Waals surface area (Å²) < 4.78 is 3.12. The number of nitrogens with zero attached hydrogens (tertiary/aromatic N) is 2. The van der Waals surface area contributed by atoms with Gasteiger partial charge in [0.15, 0.2) is 4.80 Å².